The summed E-state index contributed by atoms with van der Waals surface area (Å²) in [4.78, 5) is 41.4. The number of rotatable bonds is 21. The summed E-state index contributed by atoms with van der Waals surface area (Å²) in [7, 11) is 0. The molecule has 4 heterocycles. The molecule has 1 saturated heterocycles. The number of aromatic amines is 1. The van der Waals surface area contributed by atoms with Gasteiger partial charge in [0, 0.05) is 23.4 Å². The Bertz CT molecular complexity index is 2280. The Labute approximate surface area is 366 Å². The van der Waals surface area contributed by atoms with E-state index in [1.165, 1.54) is 43.0 Å². The van der Waals surface area contributed by atoms with Gasteiger partial charge in [0.1, 0.15) is 10.8 Å². The zero-order valence-electron chi connectivity index (χ0n) is 38.1. The zero-order chi connectivity index (χ0) is 44.0. The van der Waals surface area contributed by atoms with Gasteiger partial charge in [0.15, 0.2) is 23.4 Å². The van der Waals surface area contributed by atoms with Crippen molar-refractivity contribution < 1.29 is 14.3 Å². The maximum Gasteiger partial charge on any atom is 0.265 e. The summed E-state index contributed by atoms with van der Waals surface area (Å²) in [6.07, 6.45) is 13.6. The summed E-state index contributed by atoms with van der Waals surface area (Å²) >= 11 is 1.47. The number of anilines is 2. The monoisotopic (exact) mass is 850 g/mol. The van der Waals surface area contributed by atoms with E-state index in [9.17, 15) is 9.59 Å². The van der Waals surface area contributed by atoms with Gasteiger partial charge in [-0.3, -0.25) is 25.1 Å². The largest absolute Gasteiger partial charge is 0.480 e. The Balaban J connectivity index is 1.12. The lowest BCUT2D eigenvalue weighted by Crippen LogP contribution is -2.34. The van der Waals surface area contributed by atoms with Crippen molar-refractivity contribution in [3.63, 3.8) is 0 Å². The molecule has 2 amide bonds. The van der Waals surface area contributed by atoms with E-state index in [4.69, 9.17) is 14.8 Å². The summed E-state index contributed by atoms with van der Waals surface area (Å²) in [5.74, 6) is 1.94. The molecule has 3 aromatic heterocycles. The number of hydrogen-bond acceptors (Lipinski definition) is 9. The number of hydrazine groups is 1. The number of ether oxygens (including phenoxy) is 1. The van der Waals surface area contributed by atoms with Crippen molar-refractivity contribution in [2.24, 2.45) is 5.41 Å². The SMILES string of the molecule is CCCCCCCCC(Oc1ccc(C(C)(C)CC)cc1C(C)(C)CC)C(=O)Nc1cccc(CCc2nc3c(Sc4cnc(N5CC(C)(C)C(=O)N5)cn4)c(C)[nH]n3n2)c1. The maximum atomic E-state index is 14.2. The van der Waals surface area contributed by atoms with E-state index in [-0.39, 0.29) is 22.6 Å². The van der Waals surface area contributed by atoms with E-state index in [1.807, 2.05) is 39.0 Å². The second-order valence-electron chi connectivity index (χ2n) is 18.6. The van der Waals surface area contributed by atoms with Gasteiger partial charge in [0.25, 0.3) is 5.91 Å². The number of amides is 2. The highest BCUT2D eigenvalue weighted by molar-refractivity contribution is 7.99. The smallest absolute Gasteiger partial charge is 0.265 e. The Hall–Kier alpha value is -4.91. The van der Waals surface area contributed by atoms with Crippen molar-refractivity contribution in [3.05, 3.63) is 83.1 Å². The third-order valence-electron chi connectivity index (χ3n) is 12.4. The van der Waals surface area contributed by atoms with Crippen LogP contribution in [0.15, 0.2) is 64.8 Å². The number of nitrogens with one attached hydrogen (secondary N) is 3. The molecule has 0 aliphatic carbocycles. The predicted molar refractivity (Wildman–Crippen MR) is 245 cm³/mol. The van der Waals surface area contributed by atoms with Crippen molar-refractivity contribution in [1.29, 1.82) is 0 Å². The molecule has 0 saturated carbocycles. The first-order valence-electron chi connectivity index (χ1n) is 22.3. The van der Waals surface area contributed by atoms with Crippen LogP contribution in [0.4, 0.5) is 11.5 Å². The molecule has 1 aliphatic heterocycles. The van der Waals surface area contributed by atoms with Crippen LogP contribution in [0, 0.1) is 12.3 Å². The van der Waals surface area contributed by atoms with Crippen LogP contribution in [0.25, 0.3) is 5.65 Å². The first-order chi connectivity index (χ1) is 29.0. The van der Waals surface area contributed by atoms with E-state index >= 15 is 0 Å². The summed E-state index contributed by atoms with van der Waals surface area (Å²) in [6.45, 7) is 22.1. The Morgan fingerprint density at radius 2 is 1.70 bits per heavy atom. The van der Waals surface area contributed by atoms with Crippen molar-refractivity contribution in [2.45, 2.75) is 167 Å². The number of H-pyrrole nitrogens is 1. The van der Waals surface area contributed by atoms with Crippen molar-refractivity contribution >= 4 is 40.7 Å². The predicted octanol–water partition coefficient (Wildman–Crippen LogP) is 10.5. The molecule has 3 N–H and O–H groups in total. The molecule has 0 spiro atoms. The molecule has 13 heteroatoms. The number of aryl methyl sites for hydroxylation is 3. The standard InChI is InChI=1S/C48H67N9O3S/c1-11-14-15-16-17-18-22-38(60-37-25-24-34(46(5,6)12-2)28-36(37)47(7,8)13-3)44(58)51-35-21-19-20-33(27-35)23-26-39-52-43-42(32(4)53-57(43)54-39)61-41-30-49-40(29-50-41)56-31-48(9,10)45(59)55-56/h19-21,24-25,27-30,38,53H,11-18,22-23,26,31H2,1-10H3,(H,51,58)(H,55,59). The third kappa shape index (κ3) is 11.1. The van der Waals surface area contributed by atoms with Crippen LogP contribution < -0.4 is 20.5 Å². The number of aromatic nitrogens is 6. The first kappa shape index (κ1) is 45.6. The Morgan fingerprint density at radius 1 is 0.951 bits per heavy atom. The van der Waals surface area contributed by atoms with Gasteiger partial charge in [-0.15, -0.1) is 5.10 Å². The van der Waals surface area contributed by atoms with Crippen LogP contribution in [-0.4, -0.2) is 54.2 Å². The van der Waals surface area contributed by atoms with Gasteiger partial charge in [-0.05, 0) is 93.0 Å². The fraction of sp³-hybridized carbons (Fsp3) is 0.542. The summed E-state index contributed by atoms with van der Waals surface area (Å²) < 4.78 is 8.50. The van der Waals surface area contributed by atoms with Crippen LogP contribution in [0.1, 0.15) is 148 Å². The van der Waals surface area contributed by atoms with Gasteiger partial charge in [-0.2, -0.15) is 4.63 Å². The minimum atomic E-state index is -0.622. The van der Waals surface area contributed by atoms with E-state index in [2.05, 4.69) is 98.5 Å². The summed E-state index contributed by atoms with van der Waals surface area (Å²) in [5, 5.41) is 13.7. The van der Waals surface area contributed by atoms with Gasteiger partial charge >= 0.3 is 0 Å². The number of carbonyl (C=O) groups is 2. The van der Waals surface area contributed by atoms with Gasteiger partial charge in [0.2, 0.25) is 5.91 Å². The van der Waals surface area contributed by atoms with Gasteiger partial charge in [-0.25, -0.2) is 15.0 Å². The summed E-state index contributed by atoms with van der Waals surface area (Å²) in [6, 6.07) is 14.6. The average Bonchev–Trinajstić information content (AvgIpc) is 3.86. The number of carbonyl (C=O) groups excluding carboxylic acids is 2. The van der Waals surface area contributed by atoms with Crippen molar-refractivity contribution in [3.8, 4) is 5.75 Å². The number of benzene rings is 2. The van der Waals surface area contributed by atoms with Crippen LogP contribution >= 0.6 is 11.8 Å². The second kappa shape index (κ2) is 19.4. The number of nitrogens with zero attached hydrogens (tertiary/aromatic N) is 6. The minimum Gasteiger partial charge on any atom is -0.480 e. The lowest BCUT2D eigenvalue weighted by molar-refractivity contribution is -0.125. The zero-order valence-corrected chi connectivity index (χ0v) is 38.9. The normalized spacial score (nSPS) is 14.7. The number of hydrogen-bond donors (Lipinski definition) is 3. The first-order valence-corrected chi connectivity index (χ1v) is 23.1. The molecule has 6 rings (SSSR count). The number of fused-ring (bicyclic) bond motifs is 1. The quantitative estimate of drug-likeness (QED) is 0.0615. The maximum absolute atomic E-state index is 14.2. The fourth-order valence-electron chi connectivity index (χ4n) is 7.48. The Morgan fingerprint density at radius 3 is 2.39 bits per heavy atom. The highest BCUT2D eigenvalue weighted by atomic mass is 32.2. The second-order valence-corrected chi connectivity index (χ2v) is 19.6. The van der Waals surface area contributed by atoms with Gasteiger partial charge in [-0.1, -0.05) is 117 Å². The molecule has 0 bridgehead atoms. The van der Waals surface area contributed by atoms with E-state index in [0.717, 1.165) is 64.5 Å². The highest BCUT2D eigenvalue weighted by Crippen LogP contribution is 2.39. The molecule has 1 fully saturated rings. The molecule has 328 valence electrons. The minimum absolute atomic E-state index is 0.0351. The molecule has 1 aliphatic rings. The molecule has 5 aromatic rings. The third-order valence-corrected chi connectivity index (χ3v) is 13.6. The molecule has 1 atom stereocenters. The molecular weight excluding hydrogens is 783 g/mol. The van der Waals surface area contributed by atoms with E-state index in [0.29, 0.717) is 42.5 Å². The Kier molecular flexibility index (Phi) is 14.5. The molecule has 1 unspecified atom stereocenters. The molecule has 61 heavy (non-hydrogen) atoms. The lowest BCUT2D eigenvalue weighted by atomic mass is 9.76. The van der Waals surface area contributed by atoms with E-state index in [1.54, 1.807) is 22.0 Å². The molecule has 2 aromatic carbocycles. The van der Waals surface area contributed by atoms with Crippen LogP contribution in [0.2, 0.25) is 0 Å². The van der Waals surface area contributed by atoms with Gasteiger partial charge < -0.3 is 10.1 Å². The van der Waals surface area contributed by atoms with E-state index < -0.39 is 11.5 Å². The summed E-state index contributed by atoms with van der Waals surface area (Å²) in [5.41, 5.74) is 8.23. The van der Waals surface area contributed by atoms with Gasteiger partial charge in [0.05, 0.1) is 29.2 Å². The average molecular weight is 850 g/mol. The lowest BCUT2D eigenvalue weighted by Gasteiger charge is -2.31. The van der Waals surface area contributed by atoms with Crippen LogP contribution in [0.3, 0.4) is 0 Å². The van der Waals surface area contributed by atoms with Crippen LogP contribution in [-0.2, 0) is 33.3 Å². The number of unbranched alkanes of at least 4 members (excludes halogenated alkanes) is 5. The molecule has 0 radical (unpaired) electrons. The topological polar surface area (TPSA) is 142 Å². The fourth-order valence-corrected chi connectivity index (χ4v) is 8.32. The molecule has 12 nitrogen and oxygen atoms in total. The van der Waals surface area contributed by atoms with Crippen LogP contribution in [0.5, 0.6) is 5.75 Å². The van der Waals surface area contributed by atoms with Crippen molar-refractivity contribution in [2.75, 3.05) is 16.9 Å². The van der Waals surface area contributed by atoms with Crippen molar-refractivity contribution in [1.82, 2.24) is 35.2 Å². The molecular formula is C48H67N9O3S. The highest BCUT2D eigenvalue weighted by Gasteiger charge is 2.38.